The highest BCUT2D eigenvalue weighted by atomic mass is 14.2. The Bertz CT molecular complexity index is 647. The van der Waals surface area contributed by atoms with Gasteiger partial charge in [-0.25, -0.2) is 0 Å². The first-order valence-electron chi connectivity index (χ1n) is 7.73. The second-order valence-electron chi connectivity index (χ2n) is 5.62. The van der Waals surface area contributed by atoms with Gasteiger partial charge < -0.3 is 0 Å². The standard InChI is InChI=1S/C20H22/c1-3-8-16-9-5-6-11-18(16)19-12-7-10-17-13-15(4-2)14-20(17)19/h5-7,9-12,14H,3-4,8,13H2,1-2H3. The Labute approximate surface area is 122 Å². The van der Waals surface area contributed by atoms with Gasteiger partial charge in [-0.3, -0.25) is 0 Å². The highest BCUT2D eigenvalue weighted by Gasteiger charge is 2.16. The average molecular weight is 262 g/mol. The molecule has 0 N–H and O–H groups in total. The van der Waals surface area contributed by atoms with E-state index in [1.807, 2.05) is 0 Å². The molecule has 2 aromatic rings. The minimum atomic E-state index is 1.13. The Morgan fingerprint density at radius 3 is 2.50 bits per heavy atom. The maximum Gasteiger partial charge on any atom is -0.00577 e. The molecule has 0 spiro atoms. The van der Waals surface area contributed by atoms with Crippen molar-refractivity contribution in [1.29, 1.82) is 0 Å². The van der Waals surface area contributed by atoms with E-state index in [-0.39, 0.29) is 0 Å². The Hall–Kier alpha value is -1.82. The highest BCUT2D eigenvalue weighted by molar-refractivity contribution is 5.82. The van der Waals surface area contributed by atoms with Crippen molar-refractivity contribution in [1.82, 2.24) is 0 Å². The average Bonchev–Trinajstić information content (AvgIpc) is 2.91. The summed E-state index contributed by atoms with van der Waals surface area (Å²) in [6.07, 6.45) is 7.06. The van der Waals surface area contributed by atoms with Crippen LogP contribution in [0.15, 0.2) is 48.0 Å². The molecular formula is C20H22. The largest absolute Gasteiger partial charge is 0.0655 e. The fourth-order valence-corrected chi connectivity index (χ4v) is 3.17. The molecule has 0 unspecified atom stereocenters. The number of hydrogen-bond acceptors (Lipinski definition) is 0. The minimum Gasteiger partial charge on any atom is -0.0655 e. The third kappa shape index (κ3) is 2.31. The second kappa shape index (κ2) is 5.66. The lowest BCUT2D eigenvalue weighted by Crippen LogP contribution is -1.92. The van der Waals surface area contributed by atoms with Gasteiger partial charge in [0.05, 0.1) is 0 Å². The zero-order valence-electron chi connectivity index (χ0n) is 12.4. The molecule has 1 aliphatic carbocycles. The van der Waals surface area contributed by atoms with Gasteiger partial charge in [0.15, 0.2) is 0 Å². The second-order valence-corrected chi connectivity index (χ2v) is 5.62. The Morgan fingerprint density at radius 1 is 0.900 bits per heavy atom. The third-order valence-electron chi connectivity index (χ3n) is 4.24. The molecule has 2 aromatic carbocycles. The smallest absolute Gasteiger partial charge is 0.00577 e. The molecular weight excluding hydrogens is 240 g/mol. The maximum absolute atomic E-state index is 2.41. The molecule has 0 fully saturated rings. The fourth-order valence-electron chi connectivity index (χ4n) is 3.17. The van der Waals surface area contributed by atoms with Crippen LogP contribution in [0, 0.1) is 0 Å². The van der Waals surface area contributed by atoms with Gasteiger partial charge in [-0.1, -0.05) is 74.4 Å². The molecule has 20 heavy (non-hydrogen) atoms. The number of benzene rings is 2. The zero-order valence-corrected chi connectivity index (χ0v) is 12.4. The lowest BCUT2D eigenvalue weighted by Gasteiger charge is -2.12. The van der Waals surface area contributed by atoms with Gasteiger partial charge in [0.25, 0.3) is 0 Å². The SMILES string of the molecule is CCCc1ccccc1-c1cccc2c1C=C(CC)C2. The molecule has 0 heterocycles. The predicted octanol–water partition coefficient (Wildman–Crippen LogP) is 5.66. The fraction of sp³-hybridized carbons (Fsp3) is 0.300. The minimum absolute atomic E-state index is 1.13. The Kier molecular flexibility index (Phi) is 3.73. The Balaban J connectivity index is 2.13. The zero-order chi connectivity index (χ0) is 13.9. The van der Waals surface area contributed by atoms with Crippen LogP contribution in [-0.2, 0) is 12.8 Å². The van der Waals surface area contributed by atoms with Crippen LogP contribution < -0.4 is 0 Å². The third-order valence-corrected chi connectivity index (χ3v) is 4.24. The predicted molar refractivity (Wildman–Crippen MR) is 87.8 cm³/mol. The number of fused-ring (bicyclic) bond motifs is 1. The van der Waals surface area contributed by atoms with E-state index in [9.17, 15) is 0 Å². The van der Waals surface area contributed by atoms with Gasteiger partial charge in [0.2, 0.25) is 0 Å². The summed E-state index contributed by atoms with van der Waals surface area (Å²) in [5.41, 5.74) is 8.80. The lowest BCUT2D eigenvalue weighted by atomic mass is 9.92. The van der Waals surface area contributed by atoms with E-state index in [4.69, 9.17) is 0 Å². The summed E-state index contributed by atoms with van der Waals surface area (Å²) in [6.45, 7) is 4.50. The van der Waals surface area contributed by atoms with Crippen LogP contribution in [-0.4, -0.2) is 0 Å². The molecule has 0 saturated carbocycles. The molecule has 0 aromatic heterocycles. The summed E-state index contributed by atoms with van der Waals surface area (Å²) < 4.78 is 0. The van der Waals surface area contributed by atoms with Crippen molar-refractivity contribution in [2.24, 2.45) is 0 Å². The van der Waals surface area contributed by atoms with Gasteiger partial charge in [-0.2, -0.15) is 0 Å². The normalized spacial score (nSPS) is 13.2. The molecule has 102 valence electrons. The summed E-state index contributed by atoms with van der Waals surface area (Å²) in [6, 6.07) is 15.6. The van der Waals surface area contributed by atoms with Crippen molar-refractivity contribution in [2.75, 3.05) is 0 Å². The first-order valence-corrected chi connectivity index (χ1v) is 7.73. The molecule has 0 amide bonds. The van der Waals surface area contributed by atoms with Gasteiger partial charge in [0, 0.05) is 0 Å². The van der Waals surface area contributed by atoms with E-state index in [2.05, 4.69) is 62.4 Å². The first kappa shape index (κ1) is 13.2. The van der Waals surface area contributed by atoms with Crippen molar-refractivity contribution in [3.8, 4) is 11.1 Å². The summed E-state index contributed by atoms with van der Waals surface area (Å²) in [4.78, 5) is 0. The van der Waals surface area contributed by atoms with Gasteiger partial charge in [-0.05, 0) is 47.1 Å². The monoisotopic (exact) mass is 262 g/mol. The summed E-state index contributed by atoms with van der Waals surface area (Å²) >= 11 is 0. The van der Waals surface area contributed by atoms with Crippen LogP contribution >= 0.6 is 0 Å². The number of aryl methyl sites for hydroxylation is 1. The van der Waals surface area contributed by atoms with Gasteiger partial charge >= 0.3 is 0 Å². The van der Waals surface area contributed by atoms with Gasteiger partial charge in [-0.15, -0.1) is 0 Å². The summed E-state index contributed by atoms with van der Waals surface area (Å²) in [7, 11) is 0. The molecule has 1 aliphatic rings. The van der Waals surface area contributed by atoms with E-state index in [1.54, 1.807) is 5.57 Å². The van der Waals surface area contributed by atoms with E-state index in [0.717, 1.165) is 19.3 Å². The van der Waals surface area contributed by atoms with Crippen molar-refractivity contribution in [3.05, 3.63) is 64.7 Å². The molecule has 0 bridgehead atoms. The van der Waals surface area contributed by atoms with Gasteiger partial charge in [0.1, 0.15) is 0 Å². The van der Waals surface area contributed by atoms with Crippen LogP contribution in [0.2, 0.25) is 0 Å². The molecule has 3 rings (SSSR count). The van der Waals surface area contributed by atoms with Crippen LogP contribution in [0.4, 0.5) is 0 Å². The molecule has 0 saturated heterocycles. The number of allylic oxidation sites excluding steroid dienone is 1. The molecule has 0 aliphatic heterocycles. The number of hydrogen-bond donors (Lipinski definition) is 0. The van der Waals surface area contributed by atoms with E-state index in [0.29, 0.717) is 0 Å². The molecule has 0 nitrogen and oxygen atoms in total. The Morgan fingerprint density at radius 2 is 1.70 bits per heavy atom. The van der Waals surface area contributed by atoms with Crippen molar-refractivity contribution < 1.29 is 0 Å². The van der Waals surface area contributed by atoms with Crippen LogP contribution in [0.3, 0.4) is 0 Å². The van der Waals surface area contributed by atoms with E-state index < -0.39 is 0 Å². The van der Waals surface area contributed by atoms with E-state index in [1.165, 1.54) is 34.2 Å². The van der Waals surface area contributed by atoms with Crippen LogP contribution in [0.25, 0.3) is 17.2 Å². The highest BCUT2D eigenvalue weighted by Crippen LogP contribution is 2.36. The first-order chi connectivity index (χ1) is 9.83. The molecule has 0 atom stereocenters. The van der Waals surface area contributed by atoms with E-state index >= 15 is 0 Å². The topological polar surface area (TPSA) is 0 Å². The van der Waals surface area contributed by atoms with Crippen LogP contribution in [0.5, 0.6) is 0 Å². The summed E-state index contributed by atoms with van der Waals surface area (Å²) in [5, 5.41) is 0. The van der Waals surface area contributed by atoms with Crippen LogP contribution in [0.1, 0.15) is 43.4 Å². The maximum atomic E-state index is 2.41. The molecule has 0 heteroatoms. The van der Waals surface area contributed by atoms with Crippen molar-refractivity contribution >= 4 is 6.08 Å². The molecule has 0 radical (unpaired) electrons. The lowest BCUT2D eigenvalue weighted by molar-refractivity contribution is 0.923. The van der Waals surface area contributed by atoms with Crippen molar-refractivity contribution in [3.63, 3.8) is 0 Å². The quantitative estimate of drug-likeness (QED) is 0.667. The summed E-state index contributed by atoms with van der Waals surface area (Å²) in [5.74, 6) is 0. The number of rotatable bonds is 4. The van der Waals surface area contributed by atoms with Crippen molar-refractivity contribution in [2.45, 2.75) is 39.5 Å².